The Labute approximate surface area is 160 Å². The number of aromatic nitrogens is 2. The minimum absolute atomic E-state index is 0.0468. The number of halogens is 1. The molecule has 2 N–H and O–H groups in total. The Kier molecular flexibility index (Phi) is 7.07. The van der Waals surface area contributed by atoms with E-state index in [4.69, 9.17) is 21.1 Å². The van der Waals surface area contributed by atoms with Crippen molar-refractivity contribution in [3.8, 4) is 11.5 Å². The van der Waals surface area contributed by atoms with Gasteiger partial charge in [0.1, 0.15) is 17.2 Å². The number of carbonyl (C=O) groups is 2. The predicted octanol–water partition coefficient (Wildman–Crippen LogP) is 2.28. The van der Waals surface area contributed by atoms with Gasteiger partial charge in [0.05, 0.1) is 37.5 Å². The summed E-state index contributed by atoms with van der Waals surface area (Å²) in [6.45, 7) is 1.61. The first-order valence-corrected chi connectivity index (χ1v) is 8.13. The molecule has 27 heavy (non-hydrogen) atoms. The summed E-state index contributed by atoms with van der Waals surface area (Å²) in [5.74, 6) is -0.0891. The highest BCUT2D eigenvalue weighted by atomic mass is 35.5. The molecule has 0 bridgehead atoms. The van der Waals surface area contributed by atoms with Gasteiger partial charge in [-0.15, -0.1) is 0 Å². The van der Waals surface area contributed by atoms with Gasteiger partial charge in [-0.25, -0.2) is 10.4 Å². The number of rotatable bonds is 7. The Morgan fingerprint density at radius 3 is 2.56 bits per heavy atom. The number of hydrogen-bond acceptors (Lipinski definition) is 7. The van der Waals surface area contributed by atoms with Gasteiger partial charge in [0.15, 0.2) is 0 Å². The average Bonchev–Trinajstić information content (AvgIpc) is 2.67. The van der Waals surface area contributed by atoms with E-state index in [2.05, 4.69) is 25.8 Å². The number of carbonyl (C=O) groups excluding carboxylic acids is 2. The van der Waals surface area contributed by atoms with Crippen LogP contribution in [0.3, 0.4) is 0 Å². The molecule has 9 nitrogen and oxygen atoms in total. The topological polar surface area (TPSA) is 115 Å². The van der Waals surface area contributed by atoms with Crippen LogP contribution in [-0.2, 0) is 4.79 Å². The largest absolute Gasteiger partial charge is 0.495 e. The van der Waals surface area contributed by atoms with Crippen molar-refractivity contribution in [3.63, 3.8) is 0 Å². The van der Waals surface area contributed by atoms with E-state index in [0.29, 0.717) is 27.9 Å². The van der Waals surface area contributed by atoms with Crippen molar-refractivity contribution in [2.24, 2.45) is 5.10 Å². The van der Waals surface area contributed by atoms with Crippen LogP contribution in [0.25, 0.3) is 0 Å². The first-order chi connectivity index (χ1) is 12.9. The van der Waals surface area contributed by atoms with E-state index in [9.17, 15) is 9.59 Å². The van der Waals surface area contributed by atoms with E-state index in [0.717, 1.165) is 0 Å². The summed E-state index contributed by atoms with van der Waals surface area (Å²) in [7, 11) is 2.93. The van der Waals surface area contributed by atoms with Crippen molar-refractivity contribution < 1.29 is 19.1 Å². The third-order valence-electron chi connectivity index (χ3n) is 3.31. The second-order valence-corrected chi connectivity index (χ2v) is 5.70. The minimum atomic E-state index is -0.521. The van der Waals surface area contributed by atoms with Gasteiger partial charge >= 0.3 is 0 Å². The maximum absolute atomic E-state index is 12.2. The lowest BCUT2D eigenvalue weighted by Gasteiger charge is -2.13. The molecule has 0 fully saturated rings. The number of nitrogens with zero attached hydrogens (tertiary/aromatic N) is 3. The molecule has 1 aromatic carbocycles. The molecule has 0 spiro atoms. The molecule has 0 radical (unpaired) electrons. The molecular weight excluding hydrogens is 374 g/mol. The number of hydrogen-bond donors (Lipinski definition) is 2. The van der Waals surface area contributed by atoms with Crippen molar-refractivity contribution in [1.82, 2.24) is 15.4 Å². The summed E-state index contributed by atoms with van der Waals surface area (Å²) in [5, 5.41) is 6.94. The fourth-order valence-corrected chi connectivity index (χ4v) is 2.28. The van der Waals surface area contributed by atoms with E-state index in [-0.39, 0.29) is 18.0 Å². The van der Waals surface area contributed by atoms with E-state index < -0.39 is 5.91 Å². The summed E-state index contributed by atoms with van der Waals surface area (Å²) >= 11 is 6.04. The number of ether oxygens (including phenoxy) is 2. The molecule has 0 saturated heterocycles. The zero-order valence-electron chi connectivity index (χ0n) is 14.9. The summed E-state index contributed by atoms with van der Waals surface area (Å²) < 4.78 is 10.3. The normalized spacial score (nSPS) is 10.9. The summed E-state index contributed by atoms with van der Waals surface area (Å²) in [6, 6.07) is 3.10. The lowest BCUT2D eigenvalue weighted by Crippen LogP contribution is -2.22. The van der Waals surface area contributed by atoms with Gasteiger partial charge < -0.3 is 14.8 Å². The molecule has 0 aliphatic rings. The fraction of sp³-hybridized carbons (Fsp3) is 0.235. The smallest absolute Gasteiger partial charge is 0.291 e. The number of amides is 2. The highest BCUT2D eigenvalue weighted by molar-refractivity contribution is 6.32. The SMILES string of the molecule is COc1cc(NC(=O)C/C(C)=N\NC(=O)c2cnccn2)c(OC)cc1Cl. The van der Waals surface area contributed by atoms with Gasteiger partial charge in [-0.1, -0.05) is 11.6 Å². The Bertz CT molecular complexity index is 858. The monoisotopic (exact) mass is 391 g/mol. The number of anilines is 1. The number of nitrogens with one attached hydrogen (secondary N) is 2. The standard InChI is InChI=1S/C17H18ClN5O4/c1-10(22-23-17(25)13-9-19-4-5-20-13)6-16(24)21-12-8-14(26-2)11(18)7-15(12)27-3/h4-5,7-9H,6H2,1-3H3,(H,21,24)(H,23,25)/b22-10-. The molecule has 2 amide bonds. The van der Waals surface area contributed by atoms with E-state index in [1.165, 1.54) is 38.9 Å². The Morgan fingerprint density at radius 2 is 1.93 bits per heavy atom. The molecule has 0 aliphatic heterocycles. The third-order valence-corrected chi connectivity index (χ3v) is 3.60. The summed E-state index contributed by atoms with van der Waals surface area (Å²) in [5.41, 5.74) is 3.24. The quantitative estimate of drug-likeness (QED) is 0.552. The first kappa shape index (κ1) is 20.1. The molecule has 2 aromatic rings. The van der Waals surface area contributed by atoms with Crippen LogP contribution in [0.5, 0.6) is 11.5 Å². The molecule has 0 unspecified atom stereocenters. The van der Waals surface area contributed by atoms with Gasteiger partial charge in [-0.3, -0.25) is 14.6 Å². The van der Waals surface area contributed by atoms with Crippen LogP contribution in [0.15, 0.2) is 35.8 Å². The number of hydrazone groups is 1. The van der Waals surface area contributed by atoms with Crippen LogP contribution >= 0.6 is 11.6 Å². The molecule has 1 heterocycles. The Balaban J connectivity index is 1.99. The summed E-state index contributed by atoms with van der Waals surface area (Å²) in [4.78, 5) is 31.7. The van der Waals surface area contributed by atoms with E-state index >= 15 is 0 Å². The molecule has 10 heteroatoms. The van der Waals surface area contributed by atoms with Gasteiger partial charge in [0, 0.05) is 30.2 Å². The molecule has 0 saturated carbocycles. The molecule has 0 atom stereocenters. The van der Waals surface area contributed by atoms with Crippen LogP contribution in [-0.4, -0.2) is 41.7 Å². The first-order valence-electron chi connectivity index (χ1n) is 7.75. The third kappa shape index (κ3) is 5.65. The van der Waals surface area contributed by atoms with Crippen molar-refractivity contribution in [3.05, 3.63) is 41.4 Å². The maximum atomic E-state index is 12.2. The predicted molar refractivity (Wildman–Crippen MR) is 100 cm³/mol. The van der Waals surface area contributed by atoms with Gasteiger partial charge in [0.25, 0.3) is 5.91 Å². The van der Waals surface area contributed by atoms with Crippen molar-refractivity contribution in [2.45, 2.75) is 13.3 Å². The van der Waals surface area contributed by atoms with E-state index in [1.807, 2.05) is 0 Å². The van der Waals surface area contributed by atoms with Gasteiger partial charge in [0.2, 0.25) is 5.91 Å². The molecule has 0 aliphatic carbocycles. The Morgan fingerprint density at radius 1 is 1.19 bits per heavy atom. The van der Waals surface area contributed by atoms with Crippen LogP contribution in [0.2, 0.25) is 5.02 Å². The van der Waals surface area contributed by atoms with Crippen molar-refractivity contribution >= 4 is 34.8 Å². The van der Waals surface area contributed by atoms with E-state index in [1.54, 1.807) is 13.0 Å². The summed E-state index contributed by atoms with van der Waals surface area (Å²) in [6.07, 6.45) is 4.12. The Hall–Kier alpha value is -3.20. The molecular formula is C17H18ClN5O4. The number of methoxy groups -OCH3 is 2. The van der Waals surface area contributed by atoms with Crippen molar-refractivity contribution in [1.29, 1.82) is 0 Å². The number of benzene rings is 1. The zero-order chi connectivity index (χ0) is 19.8. The highest BCUT2D eigenvalue weighted by Gasteiger charge is 2.13. The lowest BCUT2D eigenvalue weighted by molar-refractivity contribution is -0.115. The average molecular weight is 392 g/mol. The van der Waals surface area contributed by atoms with Crippen LogP contribution in [0.4, 0.5) is 5.69 Å². The molecule has 2 rings (SSSR count). The second kappa shape index (κ2) is 9.48. The fourth-order valence-electron chi connectivity index (χ4n) is 2.04. The maximum Gasteiger partial charge on any atom is 0.291 e. The highest BCUT2D eigenvalue weighted by Crippen LogP contribution is 2.35. The van der Waals surface area contributed by atoms with Crippen LogP contribution in [0.1, 0.15) is 23.8 Å². The van der Waals surface area contributed by atoms with Gasteiger partial charge in [-0.05, 0) is 6.92 Å². The second-order valence-electron chi connectivity index (χ2n) is 5.29. The lowest BCUT2D eigenvalue weighted by atomic mass is 10.2. The van der Waals surface area contributed by atoms with Crippen LogP contribution in [0, 0.1) is 0 Å². The van der Waals surface area contributed by atoms with Crippen LogP contribution < -0.4 is 20.2 Å². The van der Waals surface area contributed by atoms with Gasteiger partial charge in [-0.2, -0.15) is 5.10 Å². The molecule has 142 valence electrons. The van der Waals surface area contributed by atoms with Crippen molar-refractivity contribution in [2.75, 3.05) is 19.5 Å². The minimum Gasteiger partial charge on any atom is -0.495 e. The molecule has 1 aromatic heterocycles. The zero-order valence-corrected chi connectivity index (χ0v) is 15.7.